The van der Waals surface area contributed by atoms with Crippen molar-refractivity contribution in [2.75, 3.05) is 6.61 Å². The van der Waals surface area contributed by atoms with E-state index in [4.69, 9.17) is 5.11 Å². The van der Waals surface area contributed by atoms with Crippen LogP contribution in [0, 0.1) is 0 Å². The van der Waals surface area contributed by atoms with E-state index < -0.39 is 0 Å². The van der Waals surface area contributed by atoms with Crippen LogP contribution in [0.5, 0.6) is 0 Å². The van der Waals surface area contributed by atoms with E-state index in [1.807, 2.05) is 0 Å². The maximum atomic E-state index is 8.37. The van der Waals surface area contributed by atoms with Crippen molar-refractivity contribution in [1.82, 2.24) is 0 Å². The van der Waals surface area contributed by atoms with Crippen LogP contribution in [0.15, 0.2) is 0 Å². The molecule has 0 bridgehead atoms. The van der Waals surface area contributed by atoms with Gasteiger partial charge in [0, 0.05) is 28.3 Å². The maximum absolute atomic E-state index is 8.37. The third-order valence-electron chi connectivity index (χ3n) is 0.618. The Bertz CT molecular complexity index is 63.3. The van der Waals surface area contributed by atoms with Crippen LogP contribution in [0.1, 0.15) is 12.8 Å². The molecule has 0 amide bonds. The molecule has 1 nitrogen and oxygen atoms in total. The monoisotopic (exact) mass is 356 g/mol. The summed E-state index contributed by atoms with van der Waals surface area (Å²) in [6, 6.07) is 0. The van der Waals surface area contributed by atoms with Gasteiger partial charge in [0.1, 0.15) is 2.14 Å². The van der Waals surface area contributed by atoms with Crippen LogP contribution in [0.2, 0.25) is 0 Å². The zero-order chi connectivity index (χ0) is 6.62. The Morgan fingerprint density at radius 3 is 1.78 bits per heavy atom. The smallest absolute Gasteiger partial charge is 0.135 e. The van der Waals surface area contributed by atoms with Crippen LogP contribution in [0.3, 0.4) is 0 Å². The second-order valence-electron chi connectivity index (χ2n) is 1.44. The van der Waals surface area contributed by atoms with Crippen molar-refractivity contribution in [3.8, 4) is 0 Å². The molecule has 0 aliphatic rings. The van der Waals surface area contributed by atoms with Crippen LogP contribution in [-0.4, -0.2) is 13.9 Å². The minimum Gasteiger partial charge on any atom is -0.396 e. The molecule has 0 rings (SSSR count). The Hall–Kier alpha value is 2.11. The number of aliphatic hydroxyl groups is 1. The molecule has 0 unspecified atom stereocenters. The molecule has 0 heterocycles. The molecule has 54 valence electrons. The molecular weight excluding hydrogens is 352 g/mol. The average molecular weight is 359 g/mol. The number of halogens is 3. The zero-order valence-electron chi connectivity index (χ0n) is 4.70. The molecule has 0 saturated heterocycles. The summed E-state index contributed by atoms with van der Waals surface area (Å²) < 4.78 is -0.171. The Labute approximate surface area is 95.2 Å². The van der Waals surface area contributed by atoms with Crippen molar-refractivity contribution in [3.63, 3.8) is 0 Å². The van der Waals surface area contributed by atoms with Gasteiger partial charge < -0.3 is 5.11 Å². The van der Waals surface area contributed by atoms with Gasteiger partial charge in [0.05, 0.1) is 0 Å². The van der Waals surface area contributed by atoms with Crippen LogP contribution in [-0.2, 0) is 21.7 Å². The minimum atomic E-state index is -0.171. The van der Waals surface area contributed by atoms with Gasteiger partial charge in [0.2, 0.25) is 0 Å². The molecule has 0 aromatic heterocycles. The molecule has 0 aliphatic heterocycles. The predicted molar refractivity (Wildman–Crippen MR) is 45.8 cm³/mol. The standard InChI is InChI=1S/C4H7Br3O.Ti/c5-4(6,7)2-1-3-8;/h8H,1-3H2;. The number of rotatable bonds is 2. The van der Waals surface area contributed by atoms with Crippen LogP contribution in [0.4, 0.5) is 0 Å². The summed E-state index contributed by atoms with van der Waals surface area (Å²) >= 11 is 9.91. The second-order valence-corrected chi connectivity index (χ2v) is 8.70. The molecule has 5 heteroatoms. The Kier molecular flexibility index (Phi) is 10.3. The van der Waals surface area contributed by atoms with E-state index in [0.717, 1.165) is 12.8 Å². The van der Waals surface area contributed by atoms with Crippen molar-refractivity contribution in [2.45, 2.75) is 15.0 Å². The van der Waals surface area contributed by atoms with Gasteiger partial charge in [0.15, 0.2) is 0 Å². The van der Waals surface area contributed by atoms with Gasteiger partial charge in [-0.3, -0.25) is 0 Å². The molecule has 0 radical (unpaired) electrons. The molecule has 0 spiro atoms. The topological polar surface area (TPSA) is 20.2 Å². The van der Waals surface area contributed by atoms with Crippen LogP contribution in [0.25, 0.3) is 0 Å². The summed E-state index contributed by atoms with van der Waals surface area (Å²) in [6.45, 7) is 0.241. The maximum Gasteiger partial charge on any atom is 0.135 e. The fourth-order valence-electron chi connectivity index (χ4n) is 0.280. The number of aliphatic hydroxyl groups excluding tert-OH is 1. The van der Waals surface area contributed by atoms with Crippen LogP contribution >= 0.6 is 47.8 Å². The molecular formula is C4H7Br3OTi. The quantitative estimate of drug-likeness (QED) is 0.594. The fourth-order valence-corrected chi connectivity index (χ4v) is 1.12. The summed E-state index contributed by atoms with van der Waals surface area (Å²) in [6.07, 6.45) is 1.66. The van der Waals surface area contributed by atoms with Crippen molar-refractivity contribution < 1.29 is 26.8 Å². The Morgan fingerprint density at radius 2 is 1.67 bits per heavy atom. The zero-order valence-corrected chi connectivity index (χ0v) is 11.0. The van der Waals surface area contributed by atoms with E-state index in [1.165, 1.54) is 0 Å². The summed E-state index contributed by atoms with van der Waals surface area (Å²) in [5.74, 6) is 0. The van der Waals surface area contributed by atoms with Gasteiger partial charge in [-0.1, -0.05) is 47.8 Å². The first kappa shape index (κ1) is 13.7. The van der Waals surface area contributed by atoms with Gasteiger partial charge in [-0.25, -0.2) is 0 Å². The SMILES string of the molecule is OCCCC(Br)(Br)Br.[Ti]. The van der Waals surface area contributed by atoms with E-state index in [0.29, 0.717) is 0 Å². The van der Waals surface area contributed by atoms with E-state index in [1.54, 1.807) is 0 Å². The fraction of sp³-hybridized carbons (Fsp3) is 1.00. The molecule has 0 aromatic rings. The van der Waals surface area contributed by atoms with E-state index >= 15 is 0 Å². The van der Waals surface area contributed by atoms with Crippen LogP contribution < -0.4 is 0 Å². The molecule has 1 N–H and O–H groups in total. The minimum absolute atomic E-state index is 0. The molecule has 0 atom stereocenters. The third kappa shape index (κ3) is 13.2. The van der Waals surface area contributed by atoms with Crippen molar-refractivity contribution >= 4 is 47.8 Å². The summed E-state index contributed by atoms with van der Waals surface area (Å²) in [5, 5.41) is 8.37. The first-order valence-electron chi connectivity index (χ1n) is 2.24. The summed E-state index contributed by atoms with van der Waals surface area (Å²) in [7, 11) is 0. The number of alkyl halides is 3. The van der Waals surface area contributed by atoms with Gasteiger partial charge in [0.25, 0.3) is 0 Å². The van der Waals surface area contributed by atoms with Gasteiger partial charge in [-0.05, 0) is 12.8 Å². The van der Waals surface area contributed by atoms with Gasteiger partial charge >= 0.3 is 0 Å². The third-order valence-corrected chi connectivity index (χ3v) is 1.81. The number of hydrogen-bond donors (Lipinski definition) is 1. The normalized spacial score (nSPS) is 10.7. The Morgan fingerprint density at radius 1 is 1.22 bits per heavy atom. The molecule has 0 fully saturated rings. The number of hydrogen-bond acceptors (Lipinski definition) is 1. The molecule has 9 heavy (non-hydrogen) atoms. The summed E-state index contributed by atoms with van der Waals surface area (Å²) in [5.41, 5.74) is 0. The van der Waals surface area contributed by atoms with Crippen molar-refractivity contribution in [1.29, 1.82) is 0 Å². The Balaban J connectivity index is 0. The van der Waals surface area contributed by atoms with E-state index in [9.17, 15) is 0 Å². The second kappa shape index (κ2) is 6.80. The first-order chi connectivity index (χ1) is 3.56. The molecule has 0 saturated carbocycles. The van der Waals surface area contributed by atoms with Crippen molar-refractivity contribution in [3.05, 3.63) is 0 Å². The van der Waals surface area contributed by atoms with E-state index in [2.05, 4.69) is 47.8 Å². The average Bonchev–Trinajstić information content (AvgIpc) is 1.59. The van der Waals surface area contributed by atoms with Crippen molar-refractivity contribution in [2.24, 2.45) is 0 Å². The predicted octanol–water partition coefficient (Wildman–Crippen LogP) is 2.59. The largest absolute Gasteiger partial charge is 0.396 e. The van der Waals surface area contributed by atoms with Gasteiger partial charge in [-0.2, -0.15) is 0 Å². The summed E-state index contributed by atoms with van der Waals surface area (Å²) in [4.78, 5) is 0. The molecule has 0 aliphatic carbocycles. The molecule has 0 aromatic carbocycles. The first-order valence-corrected chi connectivity index (χ1v) is 4.62. The van der Waals surface area contributed by atoms with Gasteiger partial charge in [-0.15, -0.1) is 0 Å². The van der Waals surface area contributed by atoms with E-state index in [-0.39, 0.29) is 30.5 Å².